The summed E-state index contributed by atoms with van der Waals surface area (Å²) in [5.41, 5.74) is 0. The van der Waals surface area contributed by atoms with Gasteiger partial charge in [-0.3, -0.25) is 14.5 Å². The SMILES string of the molecule is C=C1SC2C(C(=O)O)C(=O)C3CC(F)C(N4CCN(C)CC4)CC3N12. The van der Waals surface area contributed by atoms with Crippen molar-refractivity contribution in [2.24, 2.45) is 11.8 Å². The highest BCUT2D eigenvalue weighted by atomic mass is 32.2. The molecule has 1 N–H and O–H groups in total. The Bertz CT molecular complexity index is 610. The van der Waals surface area contributed by atoms with Crippen molar-refractivity contribution in [1.82, 2.24) is 14.7 Å². The zero-order chi connectivity index (χ0) is 17.9. The first kappa shape index (κ1) is 17.3. The highest BCUT2D eigenvalue weighted by Gasteiger charge is 2.59. The second kappa shape index (κ2) is 6.25. The normalized spacial score (nSPS) is 42.6. The summed E-state index contributed by atoms with van der Waals surface area (Å²) in [6, 6.07) is -0.304. The third kappa shape index (κ3) is 2.69. The van der Waals surface area contributed by atoms with Gasteiger partial charge in [-0.2, -0.15) is 0 Å². The predicted octanol–water partition coefficient (Wildman–Crippen LogP) is 0.849. The van der Waals surface area contributed by atoms with Crippen LogP contribution in [0.15, 0.2) is 11.6 Å². The van der Waals surface area contributed by atoms with E-state index >= 15 is 0 Å². The van der Waals surface area contributed by atoms with Crippen LogP contribution in [0.3, 0.4) is 0 Å². The van der Waals surface area contributed by atoms with Gasteiger partial charge in [-0.25, -0.2) is 4.39 Å². The lowest BCUT2D eigenvalue weighted by molar-refractivity contribution is -0.157. The average molecular weight is 369 g/mol. The fraction of sp³-hybridized carbons (Fsp3) is 0.765. The smallest absolute Gasteiger partial charge is 0.317 e. The lowest BCUT2D eigenvalue weighted by atomic mass is 9.71. The minimum absolute atomic E-state index is 0.112. The Morgan fingerprint density at radius 1 is 1.24 bits per heavy atom. The van der Waals surface area contributed by atoms with Gasteiger partial charge in [-0.1, -0.05) is 18.3 Å². The molecule has 1 aliphatic carbocycles. The van der Waals surface area contributed by atoms with E-state index < -0.39 is 24.0 Å². The molecule has 25 heavy (non-hydrogen) atoms. The number of hydrogen-bond acceptors (Lipinski definition) is 6. The Morgan fingerprint density at radius 3 is 2.52 bits per heavy atom. The zero-order valence-electron chi connectivity index (χ0n) is 14.3. The molecule has 0 aromatic carbocycles. The summed E-state index contributed by atoms with van der Waals surface area (Å²) in [4.78, 5) is 30.7. The molecule has 0 aromatic heterocycles. The maximum absolute atomic E-state index is 14.9. The highest BCUT2D eigenvalue weighted by molar-refractivity contribution is 8.05. The van der Waals surface area contributed by atoms with Gasteiger partial charge in [0, 0.05) is 44.2 Å². The fourth-order valence-corrected chi connectivity index (χ4v) is 6.10. The number of carboxylic acid groups (broad SMARTS) is 1. The van der Waals surface area contributed by atoms with Crippen LogP contribution >= 0.6 is 11.8 Å². The summed E-state index contributed by atoms with van der Waals surface area (Å²) in [6.07, 6.45) is -0.378. The third-order valence-corrected chi connectivity index (χ3v) is 7.47. The van der Waals surface area contributed by atoms with Crippen molar-refractivity contribution in [2.75, 3.05) is 33.2 Å². The molecule has 8 heteroatoms. The average Bonchev–Trinajstić information content (AvgIpc) is 2.55. The van der Waals surface area contributed by atoms with Crippen LogP contribution in [0.2, 0.25) is 0 Å². The Morgan fingerprint density at radius 2 is 1.92 bits per heavy atom. The second-order valence-corrected chi connectivity index (χ2v) is 8.79. The molecule has 6 nitrogen and oxygen atoms in total. The highest BCUT2D eigenvalue weighted by Crippen LogP contribution is 2.54. The molecule has 0 bridgehead atoms. The standard InChI is InChI=1S/C17H24FN3O3S/c1-9-21-12-8-13(20-5-3-19(2)4-6-20)11(18)7-10(12)15(22)14(17(23)24)16(21)25-9/h10-14,16H,1,3-8H2,2H3,(H,23,24). The number of halogens is 1. The largest absolute Gasteiger partial charge is 0.481 e. The van der Waals surface area contributed by atoms with Crippen molar-refractivity contribution in [3.8, 4) is 0 Å². The number of carbonyl (C=O) groups excluding carboxylic acids is 1. The van der Waals surface area contributed by atoms with E-state index in [9.17, 15) is 19.1 Å². The number of thioether (sulfide) groups is 1. The molecule has 6 unspecified atom stereocenters. The van der Waals surface area contributed by atoms with Crippen LogP contribution in [0.4, 0.5) is 4.39 Å². The Balaban J connectivity index is 1.56. The Kier molecular flexibility index (Phi) is 4.32. The summed E-state index contributed by atoms with van der Waals surface area (Å²) < 4.78 is 14.9. The molecular weight excluding hydrogens is 345 g/mol. The van der Waals surface area contributed by atoms with Crippen LogP contribution in [0.1, 0.15) is 12.8 Å². The van der Waals surface area contributed by atoms with Crippen LogP contribution in [-0.2, 0) is 9.59 Å². The minimum Gasteiger partial charge on any atom is -0.481 e. The van der Waals surface area contributed by atoms with Crippen LogP contribution in [0.5, 0.6) is 0 Å². The van der Waals surface area contributed by atoms with Gasteiger partial charge >= 0.3 is 5.97 Å². The first-order chi connectivity index (χ1) is 11.9. The molecule has 0 aromatic rings. The van der Waals surface area contributed by atoms with E-state index in [-0.39, 0.29) is 29.7 Å². The van der Waals surface area contributed by atoms with Gasteiger partial charge in [0.05, 0.1) is 5.03 Å². The maximum Gasteiger partial charge on any atom is 0.317 e. The quantitative estimate of drug-likeness (QED) is 0.724. The van der Waals surface area contributed by atoms with Gasteiger partial charge in [0.25, 0.3) is 0 Å². The number of piperazine rings is 1. The van der Waals surface area contributed by atoms with Crippen molar-refractivity contribution in [3.63, 3.8) is 0 Å². The number of likely N-dealkylation sites (N-methyl/N-ethyl adjacent to an activating group) is 1. The van der Waals surface area contributed by atoms with E-state index in [1.807, 2.05) is 4.90 Å². The van der Waals surface area contributed by atoms with E-state index in [0.29, 0.717) is 6.42 Å². The molecule has 0 spiro atoms. The summed E-state index contributed by atoms with van der Waals surface area (Å²) in [7, 11) is 2.07. The molecule has 4 fully saturated rings. The number of fused-ring (bicyclic) bond motifs is 3. The summed E-state index contributed by atoms with van der Waals surface area (Å²) in [5, 5.41) is 9.90. The number of hydrogen-bond donors (Lipinski definition) is 1. The molecule has 4 rings (SSSR count). The maximum atomic E-state index is 14.9. The number of alkyl halides is 1. The number of Topliss-reactive ketones (excluding diaryl/α,β-unsaturated/α-hetero) is 1. The van der Waals surface area contributed by atoms with E-state index in [2.05, 4.69) is 23.4 Å². The van der Waals surface area contributed by atoms with Crippen LogP contribution in [0.25, 0.3) is 0 Å². The monoisotopic (exact) mass is 369 g/mol. The summed E-state index contributed by atoms with van der Waals surface area (Å²) >= 11 is 1.36. The summed E-state index contributed by atoms with van der Waals surface area (Å²) in [6.45, 7) is 7.51. The van der Waals surface area contributed by atoms with E-state index in [1.165, 1.54) is 11.8 Å². The molecule has 138 valence electrons. The molecule has 1 saturated carbocycles. The van der Waals surface area contributed by atoms with Crippen LogP contribution < -0.4 is 0 Å². The first-order valence-corrected chi connectivity index (χ1v) is 9.73. The van der Waals surface area contributed by atoms with Gasteiger partial charge < -0.3 is 14.9 Å². The number of ketones is 1. The molecule has 3 aliphatic heterocycles. The second-order valence-electron chi connectivity index (χ2n) is 7.60. The molecule has 0 amide bonds. The number of rotatable bonds is 2. The number of carbonyl (C=O) groups is 2. The van der Waals surface area contributed by atoms with Crippen LogP contribution in [-0.4, -0.2) is 88.4 Å². The Labute approximate surface area is 151 Å². The van der Waals surface area contributed by atoms with Gasteiger partial charge in [0.1, 0.15) is 17.5 Å². The van der Waals surface area contributed by atoms with Crippen molar-refractivity contribution < 1.29 is 19.1 Å². The summed E-state index contributed by atoms with van der Waals surface area (Å²) in [5.74, 6) is -2.99. The van der Waals surface area contributed by atoms with Gasteiger partial charge in [-0.15, -0.1) is 0 Å². The topological polar surface area (TPSA) is 64.1 Å². The molecule has 3 heterocycles. The molecule has 0 radical (unpaired) electrons. The fourth-order valence-electron chi connectivity index (χ4n) is 4.83. The zero-order valence-corrected chi connectivity index (χ0v) is 15.1. The van der Waals surface area contributed by atoms with E-state index in [4.69, 9.17) is 0 Å². The van der Waals surface area contributed by atoms with Crippen molar-refractivity contribution >= 4 is 23.5 Å². The van der Waals surface area contributed by atoms with E-state index in [1.54, 1.807) is 0 Å². The molecule has 3 saturated heterocycles. The first-order valence-electron chi connectivity index (χ1n) is 8.85. The lowest BCUT2D eigenvalue weighted by Crippen LogP contribution is -2.68. The predicted molar refractivity (Wildman–Crippen MR) is 92.8 cm³/mol. The van der Waals surface area contributed by atoms with E-state index in [0.717, 1.165) is 31.2 Å². The third-order valence-electron chi connectivity index (χ3n) is 6.25. The van der Waals surface area contributed by atoms with Crippen LogP contribution in [0, 0.1) is 11.8 Å². The minimum atomic E-state index is -1.10. The Hall–Kier alpha value is -1.12. The van der Waals surface area contributed by atoms with Gasteiger partial charge in [0.2, 0.25) is 0 Å². The van der Waals surface area contributed by atoms with Crippen molar-refractivity contribution in [1.29, 1.82) is 0 Å². The van der Waals surface area contributed by atoms with Crippen molar-refractivity contribution in [3.05, 3.63) is 11.6 Å². The molecule has 4 aliphatic rings. The lowest BCUT2D eigenvalue weighted by Gasteiger charge is -2.59. The number of nitrogens with zero attached hydrogens (tertiary/aromatic N) is 3. The molecule has 6 atom stereocenters. The number of aliphatic carboxylic acids is 1. The number of piperidine rings is 1. The van der Waals surface area contributed by atoms with Crippen molar-refractivity contribution in [2.45, 2.75) is 36.5 Å². The molecular formula is C17H24FN3O3S. The van der Waals surface area contributed by atoms with Gasteiger partial charge in [-0.05, 0) is 19.9 Å². The number of carboxylic acids is 1. The van der Waals surface area contributed by atoms with Gasteiger partial charge in [0.15, 0.2) is 5.78 Å².